The van der Waals surface area contributed by atoms with E-state index in [2.05, 4.69) is 5.32 Å². The highest BCUT2D eigenvalue weighted by molar-refractivity contribution is 7.10. The van der Waals surface area contributed by atoms with Crippen molar-refractivity contribution in [2.45, 2.75) is 45.1 Å². The SMILES string of the molecule is CC(C)(NC(=O)C1CCCC(C(=O)O)C1)c1cccs1. The van der Waals surface area contributed by atoms with E-state index in [0.29, 0.717) is 12.8 Å². The second-order valence-corrected chi connectivity index (χ2v) is 6.94. The molecule has 1 aliphatic carbocycles. The highest BCUT2D eigenvalue weighted by Crippen LogP contribution is 2.31. The van der Waals surface area contributed by atoms with Crippen LogP contribution >= 0.6 is 11.3 Å². The quantitative estimate of drug-likeness (QED) is 0.897. The van der Waals surface area contributed by atoms with E-state index in [1.807, 2.05) is 31.4 Å². The molecule has 1 amide bonds. The molecule has 1 saturated carbocycles. The zero-order chi connectivity index (χ0) is 14.8. The zero-order valence-corrected chi connectivity index (χ0v) is 12.7. The van der Waals surface area contributed by atoms with E-state index in [1.54, 1.807) is 11.3 Å². The van der Waals surface area contributed by atoms with Crippen molar-refractivity contribution < 1.29 is 14.7 Å². The number of amides is 1. The van der Waals surface area contributed by atoms with Gasteiger partial charge >= 0.3 is 5.97 Å². The Hall–Kier alpha value is -1.36. The number of carboxylic acid groups (broad SMARTS) is 1. The molecule has 0 saturated heterocycles. The summed E-state index contributed by atoms with van der Waals surface area (Å²) in [5, 5.41) is 14.1. The maximum Gasteiger partial charge on any atom is 0.306 e. The molecule has 2 rings (SSSR count). The summed E-state index contributed by atoms with van der Waals surface area (Å²) in [6.07, 6.45) is 2.75. The van der Waals surface area contributed by atoms with E-state index in [-0.39, 0.29) is 17.7 Å². The molecular weight excluding hydrogens is 274 g/mol. The Morgan fingerprint density at radius 3 is 2.65 bits per heavy atom. The first-order valence-electron chi connectivity index (χ1n) is 6.99. The van der Waals surface area contributed by atoms with Crippen LogP contribution in [0.25, 0.3) is 0 Å². The van der Waals surface area contributed by atoms with Crippen molar-refractivity contribution >= 4 is 23.2 Å². The Bertz CT molecular complexity index is 481. The Balaban J connectivity index is 1.99. The van der Waals surface area contributed by atoms with Gasteiger partial charge in [-0.15, -0.1) is 11.3 Å². The number of carboxylic acids is 1. The average Bonchev–Trinajstić information content (AvgIpc) is 2.93. The summed E-state index contributed by atoms with van der Waals surface area (Å²) in [4.78, 5) is 24.5. The zero-order valence-electron chi connectivity index (χ0n) is 11.9. The molecule has 1 aromatic rings. The van der Waals surface area contributed by atoms with Crippen LogP contribution in [0.5, 0.6) is 0 Å². The van der Waals surface area contributed by atoms with Crippen molar-refractivity contribution in [3.05, 3.63) is 22.4 Å². The van der Waals surface area contributed by atoms with Crippen LogP contribution in [-0.2, 0) is 15.1 Å². The third-order valence-electron chi connectivity index (χ3n) is 3.97. The Labute approximate surface area is 123 Å². The summed E-state index contributed by atoms with van der Waals surface area (Å²) in [6.45, 7) is 3.96. The van der Waals surface area contributed by atoms with Crippen LogP contribution < -0.4 is 5.32 Å². The van der Waals surface area contributed by atoms with Gasteiger partial charge in [-0.05, 0) is 44.6 Å². The van der Waals surface area contributed by atoms with Gasteiger partial charge < -0.3 is 10.4 Å². The van der Waals surface area contributed by atoms with Gasteiger partial charge in [0.2, 0.25) is 5.91 Å². The lowest BCUT2D eigenvalue weighted by Gasteiger charge is -2.31. The highest BCUT2D eigenvalue weighted by atomic mass is 32.1. The number of nitrogens with one attached hydrogen (secondary N) is 1. The third-order valence-corrected chi connectivity index (χ3v) is 5.16. The minimum Gasteiger partial charge on any atom is -0.481 e. The molecule has 20 heavy (non-hydrogen) atoms. The van der Waals surface area contributed by atoms with Gasteiger partial charge in [0, 0.05) is 10.8 Å². The average molecular weight is 295 g/mol. The second kappa shape index (κ2) is 5.95. The van der Waals surface area contributed by atoms with Gasteiger partial charge in [-0.1, -0.05) is 12.5 Å². The maximum atomic E-state index is 12.4. The molecule has 2 N–H and O–H groups in total. The smallest absolute Gasteiger partial charge is 0.306 e. The van der Waals surface area contributed by atoms with Gasteiger partial charge in [0.05, 0.1) is 11.5 Å². The van der Waals surface area contributed by atoms with Crippen molar-refractivity contribution in [3.63, 3.8) is 0 Å². The van der Waals surface area contributed by atoms with Crippen LogP contribution in [0.4, 0.5) is 0 Å². The van der Waals surface area contributed by atoms with Crippen LogP contribution in [0, 0.1) is 11.8 Å². The van der Waals surface area contributed by atoms with Crippen molar-refractivity contribution in [3.8, 4) is 0 Å². The van der Waals surface area contributed by atoms with Gasteiger partial charge in [0.25, 0.3) is 0 Å². The summed E-state index contributed by atoms with van der Waals surface area (Å²) in [5.74, 6) is -1.34. The lowest BCUT2D eigenvalue weighted by atomic mass is 9.80. The minimum absolute atomic E-state index is 0.0191. The van der Waals surface area contributed by atoms with Crippen LogP contribution in [0.15, 0.2) is 17.5 Å². The van der Waals surface area contributed by atoms with Crippen molar-refractivity contribution in [2.75, 3.05) is 0 Å². The first kappa shape index (κ1) is 15.0. The molecule has 0 aliphatic heterocycles. The summed E-state index contributed by atoms with van der Waals surface area (Å²) in [5.41, 5.74) is -0.401. The van der Waals surface area contributed by atoms with E-state index in [0.717, 1.165) is 17.7 Å². The molecular formula is C15H21NO3S. The predicted molar refractivity (Wildman–Crippen MR) is 78.6 cm³/mol. The molecule has 2 unspecified atom stereocenters. The Kier molecular flexibility index (Phi) is 4.48. The van der Waals surface area contributed by atoms with E-state index in [4.69, 9.17) is 5.11 Å². The minimum atomic E-state index is -0.778. The number of thiophene rings is 1. The molecule has 1 heterocycles. The summed E-state index contributed by atoms with van der Waals surface area (Å²) in [7, 11) is 0. The number of hydrogen-bond donors (Lipinski definition) is 2. The monoisotopic (exact) mass is 295 g/mol. The van der Waals surface area contributed by atoms with Gasteiger partial charge in [-0.3, -0.25) is 9.59 Å². The van der Waals surface area contributed by atoms with Crippen LogP contribution in [0.1, 0.15) is 44.4 Å². The number of carbonyl (C=O) groups is 2. The van der Waals surface area contributed by atoms with Crippen molar-refractivity contribution in [1.29, 1.82) is 0 Å². The molecule has 1 aromatic heterocycles. The lowest BCUT2D eigenvalue weighted by molar-refractivity contribution is -0.144. The first-order valence-corrected chi connectivity index (χ1v) is 7.87. The second-order valence-electron chi connectivity index (χ2n) is 5.99. The normalized spacial score (nSPS) is 23.3. The molecule has 1 aliphatic rings. The lowest BCUT2D eigenvalue weighted by Crippen LogP contribution is -2.45. The van der Waals surface area contributed by atoms with Crippen molar-refractivity contribution in [2.24, 2.45) is 11.8 Å². The van der Waals surface area contributed by atoms with Crippen LogP contribution in [0.2, 0.25) is 0 Å². The molecule has 0 aromatic carbocycles. The van der Waals surface area contributed by atoms with Gasteiger partial charge in [0.15, 0.2) is 0 Å². The molecule has 5 heteroatoms. The largest absolute Gasteiger partial charge is 0.481 e. The van der Waals surface area contributed by atoms with Crippen LogP contribution in [-0.4, -0.2) is 17.0 Å². The maximum absolute atomic E-state index is 12.4. The molecule has 2 atom stereocenters. The first-order chi connectivity index (χ1) is 9.40. The molecule has 0 spiro atoms. The molecule has 4 nitrogen and oxygen atoms in total. The standard InChI is InChI=1S/C15H21NO3S/c1-15(2,12-7-4-8-20-12)16-13(17)10-5-3-6-11(9-10)14(18)19/h4,7-8,10-11H,3,5-6,9H2,1-2H3,(H,16,17)(H,18,19). The molecule has 110 valence electrons. The fourth-order valence-corrected chi connectivity index (χ4v) is 3.56. The number of hydrogen-bond acceptors (Lipinski definition) is 3. The fourth-order valence-electron chi connectivity index (χ4n) is 2.76. The Morgan fingerprint density at radius 1 is 1.35 bits per heavy atom. The number of aliphatic carboxylic acids is 1. The van der Waals surface area contributed by atoms with Gasteiger partial charge in [-0.2, -0.15) is 0 Å². The van der Waals surface area contributed by atoms with E-state index < -0.39 is 11.5 Å². The highest BCUT2D eigenvalue weighted by Gasteiger charge is 2.33. The molecule has 1 fully saturated rings. The van der Waals surface area contributed by atoms with Gasteiger partial charge in [-0.25, -0.2) is 0 Å². The molecule has 0 bridgehead atoms. The Morgan fingerprint density at radius 2 is 2.05 bits per heavy atom. The predicted octanol–water partition coefficient (Wildman–Crippen LogP) is 2.99. The van der Waals surface area contributed by atoms with Crippen LogP contribution in [0.3, 0.4) is 0 Å². The van der Waals surface area contributed by atoms with Gasteiger partial charge in [0.1, 0.15) is 0 Å². The van der Waals surface area contributed by atoms with E-state index >= 15 is 0 Å². The van der Waals surface area contributed by atoms with Crippen molar-refractivity contribution in [1.82, 2.24) is 5.32 Å². The van der Waals surface area contributed by atoms with E-state index in [9.17, 15) is 9.59 Å². The summed E-state index contributed by atoms with van der Waals surface area (Å²) < 4.78 is 0. The number of rotatable bonds is 4. The summed E-state index contributed by atoms with van der Waals surface area (Å²) in [6, 6.07) is 3.97. The fraction of sp³-hybridized carbons (Fsp3) is 0.600. The molecule has 0 radical (unpaired) electrons. The topological polar surface area (TPSA) is 66.4 Å². The number of carbonyl (C=O) groups excluding carboxylic acids is 1. The summed E-state index contributed by atoms with van der Waals surface area (Å²) >= 11 is 1.62. The third kappa shape index (κ3) is 3.39. The van der Waals surface area contributed by atoms with E-state index in [1.165, 1.54) is 0 Å².